The van der Waals surface area contributed by atoms with Gasteiger partial charge in [-0.25, -0.2) is 4.79 Å². The van der Waals surface area contributed by atoms with Crippen molar-refractivity contribution in [3.05, 3.63) is 18.2 Å². The molecule has 27 heavy (non-hydrogen) atoms. The van der Waals surface area contributed by atoms with E-state index in [1.807, 2.05) is 14.1 Å². The molecule has 1 saturated heterocycles. The summed E-state index contributed by atoms with van der Waals surface area (Å²) < 4.78 is 11.2. The molecule has 0 radical (unpaired) electrons. The van der Waals surface area contributed by atoms with Crippen molar-refractivity contribution >= 4 is 23.3 Å². The summed E-state index contributed by atoms with van der Waals surface area (Å²) in [6, 6.07) is 5.16. The number of urea groups is 1. The number of likely N-dealkylation sites (N-methyl/N-ethyl adjacent to an activating group) is 2. The topological polar surface area (TPSA) is 74.4 Å². The summed E-state index contributed by atoms with van der Waals surface area (Å²) in [5, 5.41) is 2.95. The highest BCUT2D eigenvalue weighted by Crippen LogP contribution is 2.33. The minimum atomic E-state index is -0.160. The predicted molar refractivity (Wildman–Crippen MR) is 103 cm³/mol. The molecule has 1 aromatic rings. The van der Waals surface area contributed by atoms with Gasteiger partial charge in [0, 0.05) is 45.0 Å². The summed E-state index contributed by atoms with van der Waals surface area (Å²) in [6.45, 7) is 2.76. The first-order valence-corrected chi connectivity index (χ1v) is 9.29. The van der Waals surface area contributed by atoms with Crippen LogP contribution in [0.25, 0.3) is 0 Å². The molecule has 0 spiro atoms. The Labute approximate surface area is 160 Å². The maximum absolute atomic E-state index is 12.8. The van der Waals surface area contributed by atoms with Crippen molar-refractivity contribution in [3.63, 3.8) is 0 Å². The molecule has 3 amide bonds. The van der Waals surface area contributed by atoms with Crippen molar-refractivity contribution in [1.82, 2.24) is 9.80 Å². The highest BCUT2D eigenvalue weighted by atomic mass is 16.5. The summed E-state index contributed by atoms with van der Waals surface area (Å²) in [5.74, 6) is 0.500. The minimum Gasteiger partial charge on any atom is -0.481 e. The molecular formula is C19H28N4O4. The van der Waals surface area contributed by atoms with Crippen molar-refractivity contribution in [2.45, 2.75) is 18.9 Å². The number of hydrogen-bond donors (Lipinski definition) is 1. The number of fused-ring (bicyclic) bond motifs is 1. The summed E-state index contributed by atoms with van der Waals surface area (Å²) in [4.78, 5) is 30.0. The van der Waals surface area contributed by atoms with Crippen LogP contribution in [0.3, 0.4) is 0 Å². The molecule has 1 fully saturated rings. The Morgan fingerprint density at radius 1 is 1.33 bits per heavy atom. The number of nitrogens with zero attached hydrogens (tertiary/aromatic N) is 3. The van der Waals surface area contributed by atoms with Gasteiger partial charge in [-0.2, -0.15) is 0 Å². The van der Waals surface area contributed by atoms with Gasteiger partial charge in [-0.15, -0.1) is 0 Å². The largest absolute Gasteiger partial charge is 0.481 e. The maximum atomic E-state index is 12.8. The van der Waals surface area contributed by atoms with Gasteiger partial charge in [0.25, 0.3) is 5.91 Å². The van der Waals surface area contributed by atoms with E-state index in [4.69, 9.17) is 9.47 Å². The van der Waals surface area contributed by atoms with E-state index in [9.17, 15) is 9.59 Å². The fraction of sp³-hybridized carbons (Fsp3) is 0.579. The number of hydrogen-bond acceptors (Lipinski definition) is 5. The molecule has 2 heterocycles. The van der Waals surface area contributed by atoms with E-state index in [-0.39, 0.29) is 24.6 Å². The molecule has 3 rings (SSSR count). The van der Waals surface area contributed by atoms with E-state index in [0.29, 0.717) is 30.2 Å². The van der Waals surface area contributed by atoms with Gasteiger partial charge >= 0.3 is 6.03 Å². The van der Waals surface area contributed by atoms with Crippen LogP contribution in [0.4, 0.5) is 16.2 Å². The van der Waals surface area contributed by atoms with Crippen molar-refractivity contribution in [1.29, 1.82) is 0 Å². The van der Waals surface area contributed by atoms with Gasteiger partial charge in [0.05, 0.1) is 11.8 Å². The average molecular weight is 376 g/mol. The summed E-state index contributed by atoms with van der Waals surface area (Å²) in [6.07, 6.45) is 2.13. The van der Waals surface area contributed by atoms with Gasteiger partial charge in [-0.1, -0.05) is 0 Å². The zero-order valence-electron chi connectivity index (χ0n) is 16.2. The van der Waals surface area contributed by atoms with Gasteiger partial charge in [-0.05, 0) is 39.1 Å². The van der Waals surface area contributed by atoms with Crippen LogP contribution in [-0.4, -0.2) is 81.8 Å². The molecule has 148 valence electrons. The molecule has 1 aromatic carbocycles. The number of carbonyl (C=O) groups is 2. The third-order valence-corrected chi connectivity index (χ3v) is 4.85. The van der Waals surface area contributed by atoms with E-state index in [1.165, 1.54) is 0 Å². The second-order valence-corrected chi connectivity index (χ2v) is 7.24. The van der Waals surface area contributed by atoms with E-state index >= 15 is 0 Å². The number of anilines is 2. The Morgan fingerprint density at radius 2 is 2.15 bits per heavy atom. The van der Waals surface area contributed by atoms with Gasteiger partial charge < -0.3 is 29.5 Å². The average Bonchev–Trinajstić information content (AvgIpc) is 3.14. The molecular weight excluding hydrogens is 348 g/mol. The normalized spacial score (nSPS) is 19.0. The van der Waals surface area contributed by atoms with Crippen molar-refractivity contribution in [2.75, 3.05) is 64.2 Å². The van der Waals surface area contributed by atoms with Gasteiger partial charge in [-0.3, -0.25) is 4.79 Å². The van der Waals surface area contributed by atoms with Crippen LogP contribution in [-0.2, 0) is 9.53 Å². The van der Waals surface area contributed by atoms with Crippen LogP contribution >= 0.6 is 0 Å². The molecule has 1 N–H and O–H groups in total. The van der Waals surface area contributed by atoms with E-state index < -0.39 is 0 Å². The van der Waals surface area contributed by atoms with Gasteiger partial charge in [0.1, 0.15) is 5.75 Å². The third-order valence-electron chi connectivity index (χ3n) is 4.85. The highest BCUT2D eigenvalue weighted by Gasteiger charge is 2.25. The second-order valence-electron chi connectivity index (χ2n) is 7.24. The van der Waals surface area contributed by atoms with E-state index in [0.717, 1.165) is 26.0 Å². The van der Waals surface area contributed by atoms with Crippen LogP contribution in [0, 0.1) is 0 Å². The fourth-order valence-electron chi connectivity index (χ4n) is 3.19. The number of ether oxygens (including phenoxy) is 2. The first-order valence-electron chi connectivity index (χ1n) is 9.29. The summed E-state index contributed by atoms with van der Waals surface area (Å²) in [7, 11) is 5.69. The molecule has 0 aromatic heterocycles. The van der Waals surface area contributed by atoms with Crippen LogP contribution < -0.4 is 15.0 Å². The zero-order valence-corrected chi connectivity index (χ0v) is 16.2. The Balaban J connectivity index is 1.67. The van der Waals surface area contributed by atoms with Crippen LogP contribution in [0.15, 0.2) is 18.2 Å². The lowest BCUT2D eigenvalue weighted by Gasteiger charge is -2.28. The maximum Gasteiger partial charge on any atom is 0.321 e. The Morgan fingerprint density at radius 3 is 2.85 bits per heavy atom. The van der Waals surface area contributed by atoms with Crippen molar-refractivity contribution in [3.8, 4) is 5.75 Å². The van der Waals surface area contributed by atoms with Crippen molar-refractivity contribution < 1.29 is 19.1 Å². The first kappa shape index (κ1) is 19.4. The quantitative estimate of drug-likeness (QED) is 0.817. The molecule has 8 nitrogen and oxygen atoms in total. The van der Waals surface area contributed by atoms with E-state index in [1.54, 1.807) is 35.0 Å². The Kier molecular flexibility index (Phi) is 6.18. The van der Waals surface area contributed by atoms with Crippen LogP contribution in [0.5, 0.6) is 5.75 Å². The molecule has 0 saturated carbocycles. The van der Waals surface area contributed by atoms with Gasteiger partial charge in [0.2, 0.25) is 0 Å². The summed E-state index contributed by atoms with van der Waals surface area (Å²) in [5.41, 5.74) is 1.34. The first-order chi connectivity index (χ1) is 12.9. The highest BCUT2D eigenvalue weighted by molar-refractivity contribution is 5.98. The van der Waals surface area contributed by atoms with Gasteiger partial charge in [0.15, 0.2) is 6.61 Å². The van der Waals surface area contributed by atoms with Crippen LogP contribution in [0.1, 0.15) is 12.8 Å². The lowest BCUT2D eigenvalue weighted by atomic mass is 10.2. The molecule has 1 unspecified atom stereocenters. The minimum absolute atomic E-state index is 0.00881. The van der Waals surface area contributed by atoms with Crippen molar-refractivity contribution in [2.24, 2.45) is 0 Å². The predicted octanol–water partition coefficient (Wildman–Crippen LogP) is 1.62. The standard InChI is InChI=1S/C19H28N4O4/c1-21(2)8-9-23(12-15-5-4-10-26-15)19(25)20-14-6-7-16-17(11-14)27-13-18(24)22(16)3/h6-7,11,15H,4-5,8-10,12-13H2,1-3H3,(H,20,25). The Hall–Kier alpha value is -2.32. The molecule has 2 aliphatic rings. The second kappa shape index (κ2) is 8.58. The van der Waals surface area contributed by atoms with E-state index in [2.05, 4.69) is 10.2 Å². The summed E-state index contributed by atoms with van der Waals surface area (Å²) >= 11 is 0. The third kappa shape index (κ3) is 4.90. The molecule has 1 atom stereocenters. The molecule has 0 bridgehead atoms. The SMILES string of the molecule is CN(C)CCN(CC1CCCO1)C(=O)Nc1ccc2c(c1)OCC(=O)N2C. The number of amides is 3. The zero-order chi connectivity index (χ0) is 19.4. The molecule has 0 aliphatic carbocycles. The van der Waals surface area contributed by atoms with Crippen LogP contribution in [0.2, 0.25) is 0 Å². The fourth-order valence-corrected chi connectivity index (χ4v) is 3.19. The Bertz CT molecular complexity index is 688. The number of carbonyl (C=O) groups excluding carboxylic acids is 2. The number of rotatable bonds is 6. The lowest BCUT2D eigenvalue weighted by molar-refractivity contribution is -0.120. The molecule has 8 heteroatoms. The number of nitrogens with one attached hydrogen (secondary N) is 1. The lowest BCUT2D eigenvalue weighted by Crippen LogP contribution is -2.43. The molecule has 2 aliphatic heterocycles. The number of benzene rings is 1. The monoisotopic (exact) mass is 376 g/mol. The smallest absolute Gasteiger partial charge is 0.321 e.